The lowest BCUT2D eigenvalue weighted by molar-refractivity contribution is 0.397. The number of aromatic nitrogens is 1. The van der Waals surface area contributed by atoms with E-state index in [0.717, 1.165) is 16.6 Å². The van der Waals surface area contributed by atoms with Gasteiger partial charge in [-0.15, -0.1) is 0 Å². The van der Waals surface area contributed by atoms with Crippen molar-refractivity contribution in [3.63, 3.8) is 0 Å². The van der Waals surface area contributed by atoms with Crippen LogP contribution in [0.2, 0.25) is 0 Å². The molecule has 0 spiro atoms. The highest BCUT2D eigenvalue weighted by atomic mass is 79.9. The number of pyridine rings is 1. The first-order valence-corrected chi connectivity index (χ1v) is 7.60. The van der Waals surface area contributed by atoms with Crippen molar-refractivity contribution in [1.82, 2.24) is 10.3 Å². The molecule has 1 aromatic carbocycles. The summed E-state index contributed by atoms with van der Waals surface area (Å²) in [7, 11) is 1.58. The fourth-order valence-corrected chi connectivity index (χ4v) is 2.59. The molecule has 112 valence electrons. The fourth-order valence-electron chi connectivity index (χ4n) is 2.21. The molecular formula is C16H18BrFN2O. The van der Waals surface area contributed by atoms with Crippen molar-refractivity contribution in [1.29, 1.82) is 0 Å². The van der Waals surface area contributed by atoms with Crippen LogP contribution in [-0.4, -0.2) is 18.6 Å². The first-order valence-electron chi connectivity index (χ1n) is 6.81. The third kappa shape index (κ3) is 4.25. The Kier molecular flexibility index (Phi) is 5.70. The minimum absolute atomic E-state index is 0.0947. The number of ether oxygens (including phenoxy) is 1. The Labute approximate surface area is 132 Å². The monoisotopic (exact) mass is 352 g/mol. The van der Waals surface area contributed by atoms with E-state index in [1.807, 2.05) is 25.1 Å². The zero-order valence-electron chi connectivity index (χ0n) is 12.1. The molecule has 0 saturated heterocycles. The van der Waals surface area contributed by atoms with Gasteiger partial charge in [0.15, 0.2) is 0 Å². The van der Waals surface area contributed by atoms with Crippen LogP contribution in [-0.2, 0) is 6.42 Å². The van der Waals surface area contributed by atoms with Gasteiger partial charge in [0.25, 0.3) is 0 Å². The maximum absolute atomic E-state index is 14.1. The van der Waals surface area contributed by atoms with Gasteiger partial charge >= 0.3 is 0 Å². The van der Waals surface area contributed by atoms with Crippen molar-refractivity contribution in [2.45, 2.75) is 19.4 Å². The summed E-state index contributed by atoms with van der Waals surface area (Å²) in [6.07, 6.45) is 2.43. The molecule has 1 heterocycles. The average Bonchev–Trinajstić information content (AvgIpc) is 2.50. The van der Waals surface area contributed by atoms with Crippen LogP contribution >= 0.6 is 15.9 Å². The molecule has 1 unspecified atom stereocenters. The van der Waals surface area contributed by atoms with Crippen LogP contribution < -0.4 is 10.1 Å². The standard InChI is InChI=1S/C16H18BrFN2O/c1-3-19-15(13-9-12(17)5-6-14(13)18)8-11-4-7-16(21-2)20-10-11/h4-7,9-10,15,19H,3,8H2,1-2H3. The molecule has 0 aliphatic carbocycles. The number of nitrogens with zero attached hydrogens (tertiary/aromatic N) is 1. The minimum Gasteiger partial charge on any atom is -0.481 e. The summed E-state index contributed by atoms with van der Waals surface area (Å²) in [5, 5.41) is 3.32. The van der Waals surface area contributed by atoms with Gasteiger partial charge < -0.3 is 10.1 Å². The lowest BCUT2D eigenvalue weighted by atomic mass is 9.99. The largest absolute Gasteiger partial charge is 0.481 e. The van der Waals surface area contributed by atoms with Gasteiger partial charge in [-0.3, -0.25) is 0 Å². The van der Waals surface area contributed by atoms with Gasteiger partial charge in [0, 0.05) is 28.3 Å². The number of hydrogen-bond donors (Lipinski definition) is 1. The van der Waals surface area contributed by atoms with Crippen LogP contribution in [0.15, 0.2) is 41.0 Å². The Morgan fingerprint density at radius 2 is 2.14 bits per heavy atom. The molecule has 2 rings (SSSR count). The topological polar surface area (TPSA) is 34.1 Å². The van der Waals surface area contributed by atoms with E-state index in [4.69, 9.17) is 4.74 Å². The molecule has 1 aromatic heterocycles. The van der Waals surface area contributed by atoms with E-state index in [2.05, 4.69) is 26.2 Å². The second-order valence-electron chi connectivity index (χ2n) is 4.69. The van der Waals surface area contributed by atoms with Crippen LogP contribution in [0.25, 0.3) is 0 Å². The third-order valence-electron chi connectivity index (χ3n) is 3.23. The summed E-state index contributed by atoms with van der Waals surface area (Å²) in [6.45, 7) is 2.77. The normalized spacial score (nSPS) is 12.2. The van der Waals surface area contributed by atoms with E-state index in [1.165, 1.54) is 6.07 Å². The smallest absolute Gasteiger partial charge is 0.212 e. The summed E-state index contributed by atoms with van der Waals surface area (Å²) in [5.74, 6) is 0.373. The lowest BCUT2D eigenvalue weighted by Crippen LogP contribution is -2.24. The number of halogens is 2. The molecule has 1 N–H and O–H groups in total. The highest BCUT2D eigenvalue weighted by Crippen LogP contribution is 2.25. The molecule has 5 heteroatoms. The number of hydrogen-bond acceptors (Lipinski definition) is 3. The number of nitrogens with one attached hydrogen (secondary N) is 1. The van der Waals surface area contributed by atoms with E-state index in [9.17, 15) is 4.39 Å². The summed E-state index contributed by atoms with van der Waals surface area (Å²) in [5.41, 5.74) is 1.68. The zero-order valence-corrected chi connectivity index (χ0v) is 13.7. The van der Waals surface area contributed by atoms with Crippen LogP contribution in [0.1, 0.15) is 24.1 Å². The summed E-state index contributed by atoms with van der Waals surface area (Å²) < 4.78 is 20.0. The summed E-state index contributed by atoms with van der Waals surface area (Å²) >= 11 is 3.40. The van der Waals surface area contributed by atoms with E-state index < -0.39 is 0 Å². The Bertz CT molecular complexity index is 589. The molecule has 0 aliphatic heterocycles. The molecule has 21 heavy (non-hydrogen) atoms. The van der Waals surface area contributed by atoms with Crippen molar-refractivity contribution in [2.24, 2.45) is 0 Å². The summed E-state index contributed by atoms with van der Waals surface area (Å²) in [6, 6.07) is 8.68. The second kappa shape index (κ2) is 7.52. The molecule has 1 atom stereocenters. The maximum Gasteiger partial charge on any atom is 0.212 e. The SMILES string of the molecule is CCNC(Cc1ccc(OC)nc1)c1cc(Br)ccc1F. The molecule has 0 saturated carbocycles. The van der Waals surface area contributed by atoms with Crippen molar-refractivity contribution in [3.05, 3.63) is 57.9 Å². The predicted molar refractivity (Wildman–Crippen MR) is 85.0 cm³/mol. The van der Waals surface area contributed by atoms with Gasteiger partial charge in [-0.25, -0.2) is 9.37 Å². The second-order valence-corrected chi connectivity index (χ2v) is 5.60. The van der Waals surface area contributed by atoms with Gasteiger partial charge in [-0.1, -0.05) is 28.9 Å². The Hall–Kier alpha value is -1.46. The van der Waals surface area contributed by atoms with E-state index in [0.29, 0.717) is 17.9 Å². The summed E-state index contributed by atoms with van der Waals surface area (Å²) in [4.78, 5) is 4.19. The van der Waals surface area contributed by atoms with Crippen LogP contribution in [0.3, 0.4) is 0 Å². The average molecular weight is 353 g/mol. The quantitative estimate of drug-likeness (QED) is 0.856. The van der Waals surface area contributed by atoms with Crippen LogP contribution in [0.5, 0.6) is 5.88 Å². The first kappa shape index (κ1) is 15.9. The van der Waals surface area contributed by atoms with Crippen molar-refractivity contribution < 1.29 is 9.13 Å². The molecule has 0 bridgehead atoms. The van der Waals surface area contributed by atoms with Crippen LogP contribution in [0, 0.1) is 5.82 Å². The Morgan fingerprint density at radius 3 is 2.76 bits per heavy atom. The van der Waals surface area contributed by atoms with Gasteiger partial charge in [0.1, 0.15) is 5.82 Å². The number of rotatable bonds is 6. The Morgan fingerprint density at radius 1 is 1.33 bits per heavy atom. The maximum atomic E-state index is 14.1. The van der Waals surface area contributed by atoms with Gasteiger partial charge in [0.2, 0.25) is 5.88 Å². The van der Waals surface area contributed by atoms with Crippen molar-refractivity contribution >= 4 is 15.9 Å². The zero-order chi connectivity index (χ0) is 15.2. The van der Waals surface area contributed by atoms with Gasteiger partial charge in [-0.05, 0) is 36.7 Å². The number of likely N-dealkylation sites (N-methyl/N-ethyl adjacent to an activating group) is 1. The fraction of sp³-hybridized carbons (Fsp3) is 0.312. The molecule has 0 amide bonds. The molecule has 0 aliphatic rings. The van der Waals surface area contributed by atoms with Crippen molar-refractivity contribution in [2.75, 3.05) is 13.7 Å². The molecule has 2 aromatic rings. The molecule has 0 radical (unpaired) electrons. The molecule has 3 nitrogen and oxygen atoms in total. The van der Waals surface area contributed by atoms with Gasteiger partial charge in [0.05, 0.1) is 7.11 Å². The minimum atomic E-state index is -0.203. The van der Waals surface area contributed by atoms with Crippen LogP contribution in [0.4, 0.5) is 4.39 Å². The van der Waals surface area contributed by atoms with Crippen molar-refractivity contribution in [3.8, 4) is 5.88 Å². The Balaban J connectivity index is 2.23. The highest BCUT2D eigenvalue weighted by molar-refractivity contribution is 9.10. The first-order chi connectivity index (χ1) is 10.1. The third-order valence-corrected chi connectivity index (χ3v) is 3.72. The molecule has 0 fully saturated rings. The molecular weight excluding hydrogens is 335 g/mol. The highest BCUT2D eigenvalue weighted by Gasteiger charge is 2.16. The number of methoxy groups -OCH3 is 1. The number of benzene rings is 1. The van der Waals surface area contributed by atoms with E-state index >= 15 is 0 Å². The predicted octanol–water partition coefficient (Wildman–Crippen LogP) is 3.89. The van der Waals surface area contributed by atoms with E-state index in [-0.39, 0.29) is 11.9 Å². The van der Waals surface area contributed by atoms with Gasteiger partial charge in [-0.2, -0.15) is 0 Å². The van der Waals surface area contributed by atoms with E-state index in [1.54, 1.807) is 19.4 Å². The lowest BCUT2D eigenvalue weighted by Gasteiger charge is -2.19.